The van der Waals surface area contributed by atoms with Crippen LogP contribution in [0.4, 0.5) is 22.7 Å². The first-order chi connectivity index (χ1) is 8.56. The van der Waals surface area contributed by atoms with Crippen LogP contribution in [0.1, 0.15) is 0 Å². The third-order valence-corrected chi connectivity index (χ3v) is 2.56. The molecule has 5 nitrogen and oxygen atoms in total. The van der Waals surface area contributed by atoms with Crippen LogP contribution in [0.15, 0.2) is 42.5 Å². The molecule has 0 atom stereocenters. The van der Waals surface area contributed by atoms with E-state index in [-0.39, 0.29) is 5.69 Å². The molecule has 0 saturated carbocycles. The Morgan fingerprint density at radius 2 is 2.00 bits per heavy atom. The van der Waals surface area contributed by atoms with Crippen LogP contribution in [-0.4, -0.2) is 4.92 Å². The van der Waals surface area contributed by atoms with Gasteiger partial charge in [0.05, 0.1) is 4.92 Å². The Kier molecular flexibility index (Phi) is 3.34. The molecular weight excluding hydrogens is 254 g/mol. The van der Waals surface area contributed by atoms with Crippen LogP contribution < -0.4 is 11.1 Å². The van der Waals surface area contributed by atoms with Gasteiger partial charge < -0.3 is 11.1 Å². The predicted molar refractivity (Wildman–Crippen MR) is 72.2 cm³/mol. The van der Waals surface area contributed by atoms with E-state index in [0.29, 0.717) is 22.1 Å². The SMILES string of the molecule is Nc1cccc(Nc2cc(Cl)ccc2[N+](=O)[O-])c1. The van der Waals surface area contributed by atoms with Gasteiger partial charge in [0.25, 0.3) is 5.69 Å². The van der Waals surface area contributed by atoms with Crippen LogP contribution in [0.3, 0.4) is 0 Å². The maximum absolute atomic E-state index is 10.9. The number of nitrogen functional groups attached to an aromatic ring is 1. The molecule has 0 bridgehead atoms. The molecule has 3 N–H and O–H groups in total. The summed E-state index contributed by atoms with van der Waals surface area (Å²) < 4.78 is 0. The van der Waals surface area contributed by atoms with Gasteiger partial charge in [-0.15, -0.1) is 0 Å². The van der Waals surface area contributed by atoms with Crippen molar-refractivity contribution >= 4 is 34.4 Å². The molecular formula is C12H10ClN3O2. The Morgan fingerprint density at radius 1 is 1.22 bits per heavy atom. The van der Waals surface area contributed by atoms with Gasteiger partial charge in [0.2, 0.25) is 0 Å². The minimum atomic E-state index is -0.467. The highest BCUT2D eigenvalue weighted by molar-refractivity contribution is 6.31. The van der Waals surface area contributed by atoms with Crippen molar-refractivity contribution in [3.05, 3.63) is 57.6 Å². The number of rotatable bonds is 3. The van der Waals surface area contributed by atoms with Gasteiger partial charge in [-0.05, 0) is 30.3 Å². The average Bonchev–Trinajstić information content (AvgIpc) is 2.28. The third-order valence-electron chi connectivity index (χ3n) is 2.32. The molecule has 0 heterocycles. The molecule has 92 valence electrons. The monoisotopic (exact) mass is 263 g/mol. The first-order valence-corrected chi connectivity index (χ1v) is 5.50. The maximum atomic E-state index is 10.9. The normalized spacial score (nSPS) is 10.1. The van der Waals surface area contributed by atoms with E-state index >= 15 is 0 Å². The van der Waals surface area contributed by atoms with Crippen molar-refractivity contribution in [1.29, 1.82) is 0 Å². The van der Waals surface area contributed by atoms with Gasteiger partial charge in [0.1, 0.15) is 5.69 Å². The van der Waals surface area contributed by atoms with Crippen molar-refractivity contribution in [1.82, 2.24) is 0 Å². The molecule has 18 heavy (non-hydrogen) atoms. The van der Waals surface area contributed by atoms with Crippen molar-refractivity contribution in [3.8, 4) is 0 Å². The van der Waals surface area contributed by atoms with Crippen molar-refractivity contribution in [2.24, 2.45) is 0 Å². The molecule has 0 amide bonds. The fourth-order valence-corrected chi connectivity index (χ4v) is 1.71. The Morgan fingerprint density at radius 3 is 2.67 bits per heavy atom. The van der Waals surface area contributed by atoms with Crippen molar-refractivity contribution < 1.29 is 4.92 Å². The van der Waals surface area contributed by atoms with Gasteiger partial charge in [-0.2, -0.15) is 0 Å². The van der Waals surface area contributed by atoms with E-state index in [2.05, 4.69) is 5.32 Å². The molecule has 0 radical (unpaired) electrons. The number of nitro groups is 1. The number of anilines is 3. The zero-order chi connectivity index (χ0) is 13.1. The summed E-state index contributed by atoms with van der Waals surface area (Å²) in [7, 11) is 0. The first kappa shape index (κ1) is 12.2. The van der Waals surface area contributed by atoms with E-state index in [1.165, 1.54) is 18.2 Å². The highest BCUT2D eigenvalue weighted by atomic mass is 35.5. The minimum absolute atomic E-state index is 0.0400. The lowest BCUT2D eigenvalue weighted by molar-refractivity contribution is -0.383. The molecule has 0 saturated heterocycles. The van der Waals surface area contributed by atoms with E-state index in [1.807, 2.05) is 0 Å². The molecule has 2 rings (SSSR count). The number of benzene rings is 2. The molecule has 2 aromatic rings. The maximum Gasteiger partial charge on any atom is 0.292 e. The quantitative estimate of drug-likeness (QED) is 0.504. The second-order valence-electron chi connectivity index (χ2n) is 3.67. The van der Waals surface area contributed by atoms with Crippen LogP contribution in [-0.2, 0) is 0 Å². The highest BCUT2D eigenvalue weighted by Crippen LogP contribution is 2.30. The van der Waals surface area contributed by atoms with Gasteiger partial charge >= 0.3 is 0 Å². The molecule has 0 aliphatic rings. The van der Waals surface area contributed by atoms with E-state index < -0.39 is 4.92 Å². The largest absolute Gasteiger partial charge is 0.399 e. The average molecular weight is 264 g/mol. The Bertz CT molecular complexity index is 602. The summed E-state index contributed by atoms with van der Waals surface area (Å²) in [5.41, 5.74) is 7.17. The summed E-state index contributed by atoms with van der Waals surface area (Å²) >= 11 is 5.83. The topological polar surface area (TPSA) is 81.2 Å². The number of hydrogen-bond donors (Lipinski definition) is 2. The van der Waals surface area contributed by atoms with Crippen molar-refractivity contribution in [2.75, 3.05) is 11.1 Å². The number of nitrogens with two attached hydrogens (primary N) is 1. The lowest BCUT2D eigenvalue weighted by Crippen LogP contribution is -1.97. The fourth-order valence-electron chi connectivity index (χ4n) is 1.54. The third kappa shape index (κ3) is 2.70. The first-order valence-electron chi connectivity index (χ1n) is 5.13. The molecule has 0 fully saturated rings. The molecule has 2 aromatic carbocycles. The lowest BCUT2D eigenvalue weighted by atomic mass is 10.2. The predicted octanol–water partition coefficient (Wildman–Crippen LogP) is 3.57. The molecule has 0 aromatic heterocycles. The highest BCUT2D eigenvalue weighted by Gasteiger charge is 2.13. The van der Waals surface area contributed by atoms with Gasteiger partial charge in [-0.3, -0.25) is 10.1 Å². The standard InChI is InChI=1S/C12H10ClN3O2/c13-8-4-5-12(16(17)18)11(6-8)15-10-3-1-2-9(14)7-10/h1-7,15H,14H2. The van der Waals surface area contributed by atoms with Crippen LogP contribution in [0, 0.1) is 10.1 Å². The van der Waals surface area contributed by atoms with Crippen molar-refractivity contribution in [3.63, 3.8) is 0 Å². The number of halogens is 1. The van der Waals surface area contributed by atoms with Gasteiger partial charge in [-0.25, -0.2) is 0 Å². The second kappa shape index (κ2) is 4.93. The summed E-state index contributed by atoms with van der Waals surface area (Å²) in [6.45, 7) is 0. The van der Waals surface area contributed by atoms with E-state index in [9.17, 15) is 10.1 Å². The molecule has 0 aliphatic carbocycles. The summed E-state index contributed by atoms with van der Waals surface area (Å²) in [4.78, 5) is 10.4. The number of hydrogen-bond acceptors (Lipinski definition) is 4. The summed E-state index contributed by atoms with van der Waals surface area (Å²) in [6.07, 6.45) is 0. The number of nitrogens with one attached hydrogen (secondary N) is 1. The molecule has 0 spiro atoms. The van der Waals surface area contributed by atoms with Gasteiger partial charge in [0, 0.05) is 22.5 Å². The van der Waals surface area contributed by atoms with Crippen LogP contribution in [0.5, 0.6) is 0 Å². The number of nitro benzene ring substituents is 1. The molecule has 0 aliphatic heterocycles. The summed E-state index contributed by atoms with van der Waals surface area (Å²) in [6, 6.07) is 11.3. The van der Waals surface area contributed by atoms with E-state index in [1.54, 1.807) is 24.3 Å². The van der Waals surface area contributed by atoms with Crippen LogP contribution >= 0.6 is 11.6 Å². The second-order valence-corrected chi connectivity index (χ2v) is 4.11. The van der Waals surface area contributed by atoms with E-state index in [4.69, 9.17) is 17.3 Å². The molecule has 0 unspecified atom stereocenters. The summed E-state index contributed by atoms with van der Waals surface area (Å²) in [5, 5.41) is 14.2. The van der Waals surface area contributed by atoms with E-state index in [0.717, 1.165) is 0 Å². The Balaban J connectivity index is 2.39. The lowest BCUT2D eigenvalue weighted by Gasteiger charge is -2.08. The zero-order valence-electron chi connectivity index (χ0n) is 9.26. The van der Waals surface area contributed by atoms with Gasteiger partial charge in [-0.1, -0.05) is 17.7 Å². The zero-order valence-corrected chi connectivity index (χ0v) is 10.0. The Labute approximate surface area is 108 Å². The van der Waals surface area contributed by atoms with Crippen LogP contribution in [0.25, 0.3) is 0 Å². The fraction of sp³-hybridized carbons (Fsp3) is 0. The Hall–Kier alpha value is -2.27. The number of nitrogens with zero attached hydrogens (tertiary/aromatic N) is 1. The van der Waals surface area contributed by atoms with Gasteiger partial charge in [0.15, 0.2) is 0 Å². The minimum Gasteiger partial charge on any atom is -0.399 e. The smallest absolute Gasteiger partial charge is 0.292 e. The van der Waals surface area contributed by atoms with Crippen LogP contribution in [0.2, 0.25) is 5.02 Å². The summed E-state index contributed by atoms with van der Waals surface area (Å²) in [5.74, 6) is 0. The van der Waals surface area contributed by atoms with Crippen molar-refractivity contribution in [2.45, 2.75) is 0 Å². The molecule has 6 heteroatoms.